The lowest BCUT2D eigenvalue weighted by Gasteiger charge is -2.22. The second-order valence-corrected chi connectivity index (χ2v) is 5.69. The lowest BCUT2D eigenvalue weighted by atomic mass is 9.80. The predicted molar refractivity (Wildman–Crippen MR) is 93.1 cm³/mol. The van der Waals surface area contributed by atoms with E-state index in [2.05, 4.69) is 0 Å². The second kappa shape index (κ2) is 5.39. The minimum absolute atomic E-state index is 0.0322. The summed E-state index contributed by atoms with van der Waals surface area (Å²) in [6, 6.07) is 19.4. The zero-order valence-corrected chi connectivity index (χ0v) is 12.7. The highest BCUT2D eigenvalue weighted by Gasteiger charge is 2.29. The number of aromatic hydroxyl groups is 2. The molecular weight excluding hydrogens is 300 g/mol. The van der Waals surface area contributed by atoms with Crippen LogP contribution in [0.5, 0.6) is 11.5 Å². The Labute approximate surface area is 139 Å². The molecule has 0 saturated carbocycles. The van der Waals surface area contributed by atoms with Crippen molar-refractivity contribution in [3.63, 3.8) is 0 Å². The van der Waals surface area contributed by atoms with Crippen LogP contribution in [0.4, 0.5) is 0 Å². The topological polar surface area (TPSA) is 57.5 Å². The van der Waals surface area contributed by atoms with Gasteiger partial charge >= 0.3 is 0 Å². The average Bonchev–Trinajstić information content (AvgIpc) is 2.60. The summed E-state index contributed by atoms with van der Waals surface area (Å²) in [6.45, 7) is 0. The first-order valence-electron chi connectivity index (χ1n) is 7.63. The zero-order chi connectivity index (χ0) is 16.7. The molecule has 0 fully saturated rings. The summed E-state index contributed by atoms with van der Waals surface area (Å²) in [5.41, 5.74) is 3.78. The number of carbonyl (C=O) groups is 1. The molecule has 4 rings (SSSR count). The van der Waals surface area contributed by atoms with Crippen molar-refractivity contribution >= 4 is 17.4 Å². The van der Waals surface area contributed by atoms with Gasteiger partial charge in [-0.15, -0.1) is 0 Å². The number of hydrogen-bond acceptors (Lipinski definition) is 3. The van der Waals surface area contributed by atoms with E-state index in [4.69, 9.17) is 0 Å². The molecule has 0 spiro atoms. The minimum Gasteiger partial charge on any atom is -0.507 e. The van der Waals surface area contributed by atoms with Crippen LogP contribution in [0.15, 0.2) is 66.7 Å². The van der Waals surface area contributed by atoms with Crippen molar-refractivity contribution in [2.24, 2.45) is 0 Å². The van der Waals surface area contributed by atoms with Gasteiger partial charge in [-0.05, 0) is 34.9 Å². The molecule has 3 nitrogen and oxygen atoms in total. The van der Waals surface area contributed by atoms with Gasteiger partial charge in [-0.3, -0.25) is 4.79 Å². The molecule has 0 amide bonds. The standard InChI is InChI=1S/C21H14O3/c22-18-10-4-1-6-13(18)12-17-14-7-2-3-8-16(14)21(24)20-15(17)9-5-11-19(20)23/h1-12,22-23H/b17-12-. The smallest absolute Gasteiger partial charge is 0.197 e. The fraction of sp³-hybridized carbons (Fsp3) is 0. The van der Waals surface area contributed by atoms with Crippen LogP contribution in [0.3, 0.4) is 0 Å². The van der Waals surface area contributed by atoms with Crippen LogP contribution in [-0.4, -0.2) is 16.0 Å². The molecular formula is C21H14O3. The Morgan fingerprint density at radius 2 is 1.29 bits per heavy atom. The number of phenols is 2. The van der Waals surface area contributed by atoms with Crippen molar-refractivity contribution in [2.75, 3.05) is 0 Å². The molecule has 0 saturated heterocycles. The van der Waals surface area contributed by atoms with Crippen molar-refractivity contribution in [1.82, 2.24) is 0 Å². The summed E-state index contributed by atoms with van der Waals surface area (Å²) in [6.07, 6.45) is 1.85. The Balaban J connectivity index is 2.05. The Morgan fingerprint density at radius 3 is 2.08 bits per heavy atom. The Bertz CT molecular complexity index is 999. The zero-order valence-electron chi connectivity index (χ0n) is 12.7. The molecule has 24 heavy (non-hydrogen) atoms. The molecule has 0 heterocycles. The number of fused-ring (bicyclic) bond motifs is 2. The SMILES string of the molecule is O=C1c2ccccc2/C(=C/c2ccccc2O)c2cccc(O)c21. The summed E-state index contributed by atoms with van der Waals surface area (Å²) in [5, 5.41) is 20.3. The molecule has 0 aliphatic heterocycles. The van der Waals surface area contributed by atoms with Crippen molar-refractivity contribution in [3.8, 4) is 11.5 Å². The molecule has 1 aliphatic rings. The van der Waals surface area contributed by atoms with Crippen LogP contribution in [0.25, 0.3) is 11.6 Å². The number of carbonyl (C=O) groups excluding carboxylic acids is 1. The Hall–Kier alpha value is -3.33. The van der Waals surface area contributed by atoms with Crippen molar-refractivity contribution in [2.45, 2.75) is 0 Å². The first-order chi connectivity index (χ1) is 11.7. The highest BCUT2D eigenvalue weighted by atomic mass is 16.3. The van der Waals surface area contributed by atoms with Gasteiger partial charge in [0.1, 0.15) is 11.5 Å². The van der Waals surface area contributed by atoms with E-state index >= 15 is 0 Å². The maximum atomic E-state index is 12.8. The molecule has 116 valence electrons. The quantitative estimate of drug-likeness (QED) is 0.553. The van der Waals surface area contributed by atoms with Gasteiger partial charge < -0.3 is 10.2 Å². The number of benzene rings is 3. The number of hydrogen-bond donors (Lipinski definition) is 2. The molecule has 3 aromatic carbocycles. The third kappa shape index (κ3) is 2.10. The summed E-state index contributed by atoms with van der Waals surface area (Å²) in [7, 11) is 0. The summed E-state index contributed by atoms with van der Waals surface area (Å²) in [4.78, 5) is 12.8. The van der Waals surface area contributed by atoms with Crippen LogP contribution in [0.2, 0.25) is 0 Å². The lowest BCUT2D eigenvalue weighted by molar-refractivity contribution is 0.103. The van der Waals surface area contributed by atoms with E-state index in [9.17, 15) is 15.0 Å². The van der Waals surface area contributed by atoms with Gasteiger partial charge in [-0.25, -0.2) is 0 Å². The fourth-order valence-corrected chi connectivity index (χ4v) is 3.12. The first-order valence-corrected chi connectivity index (χ1v) is 7.63. The summed E-state index contributed by atoms with van der Waals surface area (Å²) < 4.78 is 0. The molecule has 3 aromatic rings. The fourth-order valence-electron chi connectivity index (χ4n) is 3.12. The maximum absolute atomic E-state index is 12.8. The molecule has 1 aliphatic carbocycles. The molecule has 0 radical (unpaired) electrons. The summed E-state index contributed by atoms with van der Waals surface area (Å²) >= 11 is 0. The predicted octanol–water partition coefficient (Wildman–Crippen LogP) is 4.23. The van der Waals surface area contributed by atoms with Gasteiger partial charge in [0.2, 0.25) is 0 Å². The van der Waals surface area contributed by atoms with Gasteiger partial charge in [0.25, 0.3) is 0 Å². The average molecular weight is 314 g/mol. The second-order valence-electron chi connectivity index (χ2n) is 5.69. The third-order valence-electron chi connectivity index (χ3n) is 4.26. The summed E-state index contributed by atoms with van der Waals surface area (Å²) in [5.74, 6) is -0.0515. The van der Waals surface area contributed by atoms with Crippen molar-refractivity contribution < 1.29 is 15.0 Å². The molecule has 2 N–H and O–H groups in total. The van der Waals surface area contributed by atoms with Gasteiger partial charge in [0.05, 0.1) is 5.56 Å². The van der Waals surface area contributed by atoms with E-state index in [1.807, 2.05) is 36.4 Å². The van der Waals surface area contributed by atoms with E-state index in [1.165, 1.54) is 6.07 Å². The number of para-hydroxylation sites is 1. The molecule has 3 heteroatoms. The van der Waals surface area contributed by atoms with Crippen molar-refractivity contribution in [1.29, 1.82) is 0 Å². The normalized spacial score (nSPS) is 14.3. The third-order valence-corrected chi connectivity index (χ3v) is 4.26. The van der Waals surface area contributed by atoms with Gasteiger partial charge in [-0.2, -0.15) is 0 Å². The van der Waals surface area contributed by atoms with E-state index in [-0.39, 0.29) is 17.3 Å². The number of phenolic OH excluding ortho intramolecular Hbond substituents is 2. The largest absolute Gasteiger partial charge is 0.507 e. The molecule has 0 aromatic heterocycles. The van der Waals surface area contributed by atoms with E-state index in [0.29, 0.717) is 22.3 Å². The lowest BCUT2D eigenvalue weighted by Crippen LogP contribution is -2.14. The molecule has 0 atom stereocenters. The van der Waals surface area contributed by atoms with E-state index in [0.717, 1.165) is 11.1 Å². The minimum atomic E-state index is -0.187. The number of rotatable bonds is 1. The van der Waals surface area contributed by atoms with Crippen LogP contribution in [0, 0.1) is 0 Å². The maximum Gasteiger partial charge on any atom is 0.197 e. The van der Waals surface area contributed by atoms with Gasteiger partial charge in [-0.1, -0.05) is 54.6 Å². The van der Waals surface area contributed by atoms with E-state index in [1.54, 1.807) is 30.3 Å². The number of ketones is 1. The van der Waals surface area contributed by atoms with Crippen LogP contribution in [-0.2, 0) is 0 Å². The Kier molecular flexibility index (Phi) is 3.21. The highest BCUT2D eigenvalue weighted by molar-refractivity contribution is 6.21. The monoisotopic (exact) mass is 314 g/mol. The van der Waals surface area contributed by atoms with Crippen LogP contribution >= 0.6 is 0 Å². The molecule has 0 unspecified atom stereocenters. The molecule has 0 bridgehead atoms. The van der Waals surface area contributed by atoms with Crippen LogP contribution in [0.1, 0.15) is 32.6 Å². The Morgan fingerprint density at radius 1 is 0.667 bits per heavy atom. The van der Waals surface area contributed by atoms with Gasteiger partial charge in [0.15, 0.2) is 5.78 Å². The van der Waals surface area contributed by atoms with Gasteiger partial charge in [0, 0.05) is 11.1 Å². The van der Waals surface area contributed by atoms with Crippen LogP contribution < -0.4 is 0 Å². The van der Waals surface area contributed by atoms with Crippen molar-refractivity contribution in [3.05, 3.63) is 94.5 Å². The van der Waals surface area contributed by atoms with E-state index < -0.39 is 0 Å². The highest BCUT2D eigenvalue weighted by Crippen LogP contribution is 2.40. The first kappa shape index (κ1) is 14.3.